The van der Waals surface area contributed by atoms with Gasteiger partial charge in [-0.2, -0.15) is 0 Å². The molecule has 0 aromatic heterocycles. The molecule has 0 radical (unpaired) electrons. The van der Waals surface area contributed by atoms with E-state index in [-0.39, 0.29) is 0 Å². The summed E-state index contributed by atoms with van der Waals surface area (Å²) in [5, 5.41) is 11.3. The Hall–Kier alpha value is -0.770. The third-order valence-corrected chi connectivity index (χ3v) is 2.44. The molecule has 0 saturated carbocycles. The third kappa shape index (κ3) is 2.37. The summed E-state index contributed by atoms with van der Waals surface area (Å²) in [4.78, 5) is 2.38. The fraction of sp³-hybridized carbons (Fsp3) is 0.875. The Labute approximate surface area is 73.0 Å². The SMILES string of the molecule is CCN1CCC(CC(N)=NO)C1. The number of amidine groups is 1. The van der Waals surface area contributed by atoms with Crippen molar-refractivity contribution in [2.45, 2.75) is 19.8 Å². The molecule has 1 atom stereocenters. The number of hydrogen-bond acceptors (Lipinski definition) is 3. The summed E-state index contributed by atoms with van der Waals surface area (Å²) in [6.07, 6.45) is 1.90. The Morgan fingerprint density at radius 1 is 1.75 bits per heavy atom. The average molecular weight is 171 g/mol. The largest absolute Gasteiger partial charge is 0.409 e. The van der Waals surface area contributed by atoms with Crippen molar-refractivity contribution in [2.24, 2.45) is 16.8 Å². The van der Waals surface area contributed by atoms with Crippen molar-refractivity contribution >= 4 is 5.84 Å². The molecule has 12 heavy (non-hydrogen) atoms. The second-order valence-corrected chi connectivity index (χ2v) is 3.34. The quantitative estimate of drug-likeness (QED) is 0.281. The van der Waals surface area contributed by atoms with Crippen LogP contribution in [0, 0.1) is 5.92 Å². The lowest BCUT2D eigenvalue weighted by Crippen LogP contribution is -2.22. The van der Waals surface area contributed by atoms with Crippen LogP contribution in [0.5, 0.6) is 0 Å². The molecular formula is C8H17N3O. The fourth-order valence-corrected chi connectivity index (χ4v) is 1.70. The van der Waals surface area contributed by atoms with Crippen molar-refractivity contribution in [3.8, 4) is 0 Å². The van der Waals surface area contributed by atoms with Crippen LogP contribution < -0.4 is 5.73 Å². The topological polar surface area (TPSA) is 61.8 Å². The van der Waals surface area contributed by atoms with Crippen LogP contribution in [0.3, 0.4) is 0 Å². The first-order valence-electron chi connectivity index (χ1n) is 4.45. The molecule has 0 aliphatic carbocycles. The van der Waals surface area contributed by atoms with Crippen molar-refractivity contribution in [2.75, 3.05) is 19.6 Å². The molecule has 0 aromatic rings. The van der Waals surface area contributed by atoms with Gasteiger partial charge in [0.25, 0.3) is 0 Å². The van der Waals surface area contributed by atoms with Crippen LogP contribution in [-0.4, -0.2) is 35.6 Å². The molecule has 4 heteroatoms. The zero-order valence-corrected chi connectivity index (χ0v) is 7.53. The van der Waals surface area contributed by atoms with Gasteiger partial charge in [0.05, 0.1) is 0 Å². The monoisotopic (exact) mass is 171 g/mol. The Balaban J connectivity index is 2.28. The van der Waals surface area contributed by atoms with Gasteiger partial charge >= 0.3 is 0 Å². The lowest BCUT2D eigenvalue weighted by Gasteiger charge is -2.12. The van der Waals surface area contributed by atoms with Crippen LogP contribution in [0.4, 0.5) is 0 Å². The summed E-state index contributed by atoms with van der Waals surface area (Å²) in [5.41, 5.74) is 5.42. The third-order valence-electron chi connectivity index (χ3n) is 2.44. The molecule has 3 N–H and O–H groups in total. The van der Waals surface area contributed by atoms with E-state index in [1.165, 1.54) is 6.42 Å². The lowest BCUT2D eigenvalue weighted by atomic mass is 10.0. The molecule has 1 aliphatic rings. The van der Waals surface area contributed by atoms with E-state index in [0.717, 1.165) is 26.1 Å². The molecule has 0 aromatic carbocycles. The number of nitrogens with zero attached hydrogens (tertiary/aromatic N) is 2. The number of likely N-dealkylation sites (tertiary alicyclic amines) is 1. The van der Waals surface area contributed by atoms with E-state index in [1.54, 1.807) is 0 Å². The van der Waals surface area contributed by atoms with E-state index in [2.05, 4.69) is 17.0 Å². The van der Waals surface area contributed by atoms with Gasteiger partial charge in [0.2, 0.25) is 0 Å². The van der Waals surface area contributed by atoms with Gasteiger partial charge in [0.15, 0.2) is 0 Å². The van der Waals surface area contributed by atoms with Gasteiger partial charge in [0, 0.05) is 13.0 Å². The summed E-state index contributed by atoms with van der Waals surface area (Å²) < 4.78 is 0. The van der Waals surface area contributed by atoms with Gasteiger partial charge < -0.3 is 15.8 Å². The zero-order chi connectivity index (χ0) is 8.97. The molecule has 0 spiro atoms. The van der Waals surface area contributed by atoms with Crippen LogP contribution in [0.25, 0.3) is 0 Å². The highest BCUT2D eigenvalue weighted by molar-refractivity contribution is 5.79. The Kier molecular flexibility index (Phi) is 3.34. The van der Waals surface area contributed by atoms with Crippen LogP contribution in [0.15, 0.2) is 5.16 Å². The molecular weight excluding hydrogens is 154 g/mol. The molecule has 1 heterocycles. The summed E-state index contributed by atoms with van der Waals surface area (Å²) in [6.45, 7) is 5.51. The smallest absolute Gasteiger partial charge is 0.139 e. The summed E-state index contributed by atoms with van der Waals surface area (Å²) in [6, 6.07) is 0. The second-order valence-electron chi connectivity index (χ2n) is 3.34. The first-order valence-corrected chi connectivity index (χ1v) is 4.45. The van der Waals surface area contributed by atoms with Crippen molar-refractivity contribution < 1.29 is 5.21 Å². The first-order chi connectivity index (χ1) is 5.76. The van der Waals surface area contributed by atoms with Crippen LogP contribution >= 0.6 is 0 Å². The molecule has 1 saturated heterocycles. The van der Waals surface area contributed by atoms with Crippen molar-refractivity contribution in [3.05, 3.63) is 0 Å². The summed E-state index contributed by atoms with van der Waals surface area (Å²) in [5.74, 6) is 0.943. The Morgan fingerprint density at radius 2 is 2.50 bits per heavy atom. The number of oxime groups is 1. The fourth-order valence-electron chi connectivity index (χ4n) is 1.70. The number of nitrogens with two attached hydrogens (primary N) is 1. The minimum Gasteiger partial charge on any atom is -0.409 e. The Bertz CT molecular complexity index is 170. The molecule has 0 amide bonds. The van der Waals surface area contributed by atoms with Gasteiger partial charge in [-0.05, 0) is 25.4 Å². The molecule has 70 valence electrons. The maximum absolute atomic E-state index is 8.37. The highest BCUT2D eigenvalue weighted by atomic mass is 16.4. The number of hydrogen-bond donors (Lipinski definition) is 2. The van der Waals surface area contributed by atoms with E-state index in [4.69, 9.17) is 10.9 Å². The van der Waals surface area contributed by atoms with E-state index in [1.807, 2.05) is 0 Å². The minimum absolute atomic E-state index is 0.359. The van der Waals surface area contributed by atoms with Crippen molar-refractivity contribution in [3.63, 3.8) is 0 Å². The van der Waals surface area contributed by atoms with E-state index in [0.29, 0.717) is 11.8 Å². The van der Waals surface area contributed by atoms with Crippen molar-refractivity contribution in [1.82, 2.24) is 4.90 Å². The molecule has 1 rings (SSSR count). The van der Waals surface area contributed by atoms with Crippen LogP contribution in [0.1, 0.15) is 19.8 Å². The zero-order valence-electron chi connectivity index (χ0n) is 7.53. The first kappa shape index (κ1) is 9.32. The summed E-state index contributed by atoms with van der Waals surface area (Å²) >= 11 is 0. The summed E-state index contributed by atoms with van der Waals surface area (Å²) in [7, 11) is 0. The standard InChI is InChI=1S/C8H17N3O/c1-2-11-4-3-7(6-11)5-8(9)10-12/h7,12H,2-6H2,1H3,(H2,9,10). The molecule has 1 aliphatic heterocycles. The maximum Gasteiger partial charge on any atom is 0.139 e. The maximum atomic E-state index is 8.37. The highest BCUT2D eigenvalue weighted by Crippen LogP contribution is 2.18. The van der Waals surface area contributed by atoms with Gasteiger partial charge in [-0.3, -0.25) is 0 Å². The van der Waals surface area contributed by atoms with Gasteiger partial charge in [-0.15, -0.1) is 0 Å². The van der Waals surface area contributed by atoms with Gasteiger partial charge in [-0.1, -0.05) is 12.1 Å². The molecule has 4 nitrogen and oxygen atoms in total. The Morgan fingerprint density at radius 3 is 3.00 bits per heavy atom. The van der Waals surface area contributed by atoms with Crippen molar-refractivity contribution in [1.29, 1.82) is 0 Å². The number of rotatable bonds is 3. The average Bonchev–Trinajstić information content (AvgIpc) is 2.52. The van der Waals surface area contributed by atoms with Crippen LogP contribution in [-0.2, 0) is 0 Å². The van der Waals surface area contributed by atoms with Crippen LogP contribution in [0.2, 0.25) is 0 Å². The minimum atomic E-state index is 0.359. The lowest BCUT2D eigenvalue weighted by molar-refractivity contribution is 0.313. The van der Waals surface area contributed by atoms with E-state index < -0.39 is 0 Å². The molecule has 0 bridgehead atoms. The predicted octanol–water partition coefficient (Wildman–Crippen LogP) is 0.465. The molecule has 1 fully saturated rings. The van der Waals surface area contributed by atoms with E-state index in [9.17, 15) is 0 Å². The van der Waals surface area contributed by atoms with E-state index >= 15 is 0 Å². The van der Waals surface area contributed by atoms with Gasteiger partial charge in [-0.25, -0.2) is 0 Å². The second kappa shape index (κ2) is 4.30. The normalized spacial score (nSPS) is 26.4. The molecule has 1 unspecified atom stereocenters. The van der Waals surface area contributed by atoms with Gasteiger partial charge in [0.1, 0.15) is 5.84 Å². The predicted molar refractivity (Wildman–Crippen MR) is 48.2 cm³/mol. The highest BCUT2D eigenvalue weighted by Gasteiger charge is 2.21.